The van der Waals surface area contributed by atoms with E-state index < -0.39 is 11.9 Å². The molecule has 2 heterocycles. The highest BCUT2D eigenvalue weighted by Crippen LogP contribution is 2.20. The molecule has 1 aliphatic heterocycles. The van der Waals surface area contributed by atoms with Gasteiger partial charge in [-0.05, 0) is 30.9 Å². The van der Waals surface area contributed by atoms with Gasteiger partial charge in [-0.15, -0.1) is 0 Å². The van der Waals surface area contributed by atoms with Gasteiger partial charge in [0.1, 0.15) is 6.04 Å². The fourth-order valence-corrected chi connectivity index (χ4v) is 2.49. The molecule has 1 N–H and O–H groups in total. The number of carbonyl (C=O) groups is 2. The SMILES string of the molecule is Cc1c(C(C)C)ccn(C2CCC(=O)NC2=O)c1=O. The Kier molecular flexibility index (Phi) is 3.55. The summed E-state index contributed by atoms with van der Waals surface area (Å²) in [4.78, 5) is 35.2. The van der Waals surface area contributed by atoms with Crippen LogP contribution in [0.2, 0.25) is 0 Å². The van der Waals surface area contributed by atoms with Crippen LogP contribution in [0, 0.1) is 6.92 Å². The first-order valence-corrected chi connectivity index (χ1v) is 6.47. The minimum Gasteiger partial charge on any atom is -0.303 e. The van der Waals surface area contributed by atoms with Gasteiger partial charge in [0, 0.05) is 18.2 Å². The summed E-state index contributed by atoms with van der Waals surface area (Å²) in [6.07, 6.45) is 2.31. The van der Waals surface area contributed by atoms with E-state index >= 15 is 0 Å². The fraction of sp³-hybridized carbons (Fsp3) is 0.500. The standard InChI is InChI=1S/C14H18N2O3/c1-8(2)10-6-7-16(14(19)9(10)3)11-4-5-12(17)15-13(11)18/h6-8,11H,4-5H2,1-3H3,(H,15,17,18). The molecule has 0 aliphatic carbocycles. The van der Waals surface area contributed by atoms with Crippen molar-refractivity contribution >= 4 is 11.8 Å². The van der Waals surface area contributed by atoms with Crippen molar-refractivity contribution in [2.75, 3.05) is 0 Å². The molecule has 0 radical (unpaired) electrons. The first-order chi connectivity index (χ1) is 8.91. The second kappa shape index (κ2) is 4.99. The number of piperidine rings is 1. The van der Waals surface area contributed by atoms with E-state index in [9.17, 15) is 14.4 Å². The molecule has 0 aromatic carbocycles. The number of nitrogens with one attached hydrogen (secondary N) is 1. The molecule has 1 aromatic heterocycles. The Balaban J connectivity index is 2.42. The average Bonchev–Trinajstić information content (AvgIpc) is 2.33. The van der Waals surface area contributed by atoms with Gasteiger partial charge >= 0.3 is 0 Å². The lowest BCUT2D eigenvalue weighted by molar-refractivity contribution is -0.135. The maximum atomic E-state index is 12.3. The number of carbonyl (C=O) groups excluding carboxylic acids is 2. The summed E-state index contributed by atoms with van der Waals surface area (Å²) in [7, 11) is 0. The largest absolute Gasteiger partial charge is 0.303 e. The van der Waals surface area contributed by atoms with E-state index in [2.05, 4.69) is 5.32 Å². The molecule has 2 rings (SSSR count). The van der Waals surface area contributed by atoms with E-state index in [-0.39, 0.29) is 23.8 Å². The number of nitrogens with zero attached hydrogens (tertiary/aromatic N) is 1. The van der Waals surface area contributed by atoms with Crippen LogP contribution in [0.5, 0.6) is 0 Å². The second-order valence-corrected chi connectivity index (χ2v) is 5.23. The van der Waals surface area contributed by atoms with Crippen LogP contribution >= 0.6 is 0 Å². The summed E-state index contributed by atoms with van der Waals surface area (Å²) >= 11 is 0. The molecule has 0 spiro atoms. The Morgan fingerprint density at radius 3 is 2.58 bits per heavy atom. The molecule has 2 amide bonds. The van der Waals surface area contributed by atoms with Crippen molar-refractivity contribution < 1.29 is 9.59 Å². The molecule has 102 valence electrons. The quantitative estimate of drug-likeness (QED) is 0.816. The van der Waals surface area contributed by atoms with Gasteiger partial charge in [0.05, 0.1) is 0 Å². The van der Waals surface area contributed by atoms with Gasteiger partial charge in [0.15, 0.2) is 0 Å². The lowest BCUT2D eigenvalue weighted by Gasteiger charge is -2.24. The Morgan fingerprint density at radius 1 is 1.32 bits per heavy atom. The molecule has 1 atom stereocenters. The summed E-state index contributed by atoms with van der Waals surface area (Å²) in [6.45, 7) is 5.83. The third-order valence-electron chi connectivity index (χ3n) is 3.57. The molecule has 1 saturated heterocycles. The van der Waals surface area contributed by atoms with Crippen molar-refractivity contribution in [1.82, 2.24) is 9.88 Å². The zero-order chi connectivity index (χ0) is 14.2. The zero-order valence-electron chi connectivity index (χ0n) is 11.4. The highest BCUT2D eigenvalue weighted by molar-refractivity contribution is 5.99. The number of hydrogen-bond acceptors (Lipinski definition) is 3. The van der Waals surface area contributed by atoms with Crippen LogP contribution in [0.3, 0.4) is 0 Å². The molecule has 5 nitrogen and oxygen atoms in total. The molecule has 1 unspecified atom stereocenters. The third kappa shape index (κ3) is 2.45. The van der Waals surface area contributed by atoms with Crippen molar-refractivity contribution in [2.24, 2.45) is 0 Å². The summed E-state index contributed by atoms with van der Waals surface area (Å²) in [6, 6.07) is 1.30. The van der Waals surface area contributed by atoms with E-state index in [1.54, 1.807) is 13.1 Å². The highest BCUT2D eigenvalue weighted by Gasteiger charge is 2.29. The third-order valence-corrected chi connectivity index (χ3v) is 3.57. The van der Waals surface area contributed by atoms with Gasteiger partial charge < -0.3 is 4.57 Å². The second-order valence-electron chi connectivity index (χ2n) is 5.23. The number of imide groups is 1. The van der Waals surface area contributed by atoms with Crippen molar-refractivity contribution in [1.29, 1.82) is 0 Å². The Labute approximate surface area is 111 Å². The average molecular weight is 262 g/mol. The van der Waals surface area contributed by atoms with Crippen molar-refractivity contribution in [3.05, 3.63) is 33.7 Å². The molecule has 1 fully saturated rings. The lowest BCUT2D eigenvalue weighted by Crippen LogP contribution is -2.44. The van der Waals surface area contributed by atoms with E-state index in [0.29, 0.717) is 12.0 Å². The molecule has 0 saturated carbocycles. The smallest absolute Gasteiger partial charge is 0.254 e. The molecule has 1 aromatic rings. The first kappa shape index (κ1) is 13.5. The number of rotatable bonds is 2. The molecule has 1 aliphatic rings. The van der Waals surface area contributed by atoms with Crippen LogP contribution in [0.15, 0.2) is 17.1 Å². The highest BCUT2D eigenvalue weighted by atomic mass is 16.2. The van der Waals surface area contributed by atoms with Crippen molar-refractivity contribution in [2.45, 2.75) is 45.6 Å². The molecule has 19 heavy (non-hydrogen) atoms. The lowest BCUT2D eigenvalue weighted by atomic mass is 9.99. The van der Waals surface area contributed by atoms with Gasteiger partial charge in [-0.1, -0.05) is 13.8 Å². The molecule has 0 bridgehead atoms. The van der Waals surface area contributed by atoms with E-state index in [0.717, 1.165) is 5.56 Å². The van der Waals surface area contributed by atoms with Gasteiger partial charge in [0.25, 0.3) is 5.56 Å². The predicted molar refractivity (Wildman–Crippen MR) is 70.9 cm³/mol. The molecule has 5 heteroatoms. The van der Waals surface area contributed by atoms with Crippen LogP contribution in [-0.2, 0) is 9.59 Å². The zero-order valence-corrected chi connectivity index (χ0v) is 11.4. The number of pyridine rings is 1. The minimum absolute atomic E-state index is 0.152. The fourth-order valence-electron chi connectivity index (χ4n) is 2.49. The van der Waals surface area contributed by atoms with Crippen LogP contribution in [0.1, 0.15) is 49.8 Å². The maximum absolute atomic E-state index is 12.3. The Hall–Kier alpha value is -1.91. The summed E-state index contributed by atoms with van der Waals surface area (Å²) in [5, 5.41) is 2.27. The first-order valence-electron chi connectivity index (χ1n) is 6.47. The van der Waals surface area contributed by atoms with Crippen LogP contribution in [-0.4, -0.2) is 16.4 Å². The van der Waals surface area contributed by atoms with E-state index in [4.69, 9.17) is 0 Å². The monoisotopic (exact) mass is 262 g/mol. The topological polar surface area (TPSA) is 68.2 Å². The van der Waals surface area contributed by atoms with E-state index in [1.807, 2.05) is 19.9 Å². The van der Waals surface area contributed by atoms with Crippen molar-refractivity contribution in [3.63, 3.8) is 0 Å². The van der Waals surface area contributed by atoms with Gasteiger partial charge in [-0.25, -0.2) is 0 Å². The normalized spacial score (nSPS) is 19.7. The van der Waals surface area contributed by atoms with E-state index in [1.165, 1.54) is 4.57 Å². The van der Waals surface area contributed by atoms with Crippen LogP contribution in [0.4, 0.5) is 0 Å². The van der Waals surface area contributed by atoms with Gasteiger partial charge in [-0.2, -0.15) is 0 Å². The summed E-state index contributed by atoms with van der Waals surface area (Å²) < 4.78 is 1.43. The van der Waals surface area contributed by atoms with Gasteiger partial charge in [-0.3, -0.25) is 19.7 Å². The van der Waals surface area contributed by atoms with Crippen molar-refractivity contribution in [3.8, 4) is 0 Å². The van der Waals surface area contributed by atoms with Crippen LogP contribution < -0.4 is 10.9 Å². The molecular formula is C14H18N2O3. The maximum Gasteiger partial charge on any atom is 0.254 e. The number of aromatic nitrogens is 1. The Bertz CT molecular complexity index is 587. The molecular weight excluding hydrogens is 244 g/mol. The Morgan fingerprint density at radius 2 is 2.00 bits per heavy atom. The minimum atomic E-state index is -0.579. The number of amides is 2. The summed E-state index contributed by atoms with van der Waals surface area (Å²) in [5.74, 6) is -0.399. The predicted octanol–water partition coefficient (Wildman–Crippen LogP) is 1.26. The number of hydrogen-bond donors (Lipinski definition) is 1. The summed E-state index contributed by atoms with van der Waals surface area (Å²) in [5.41, 5.74) is 1.51. The van der Waals surface area contributed by atoms with Crippen LogP contribution in [0.25, 0.3) is 0 Å². The van der Waals surface area contributed by atoms with Gasteiger partial charge in [0.2, 0.25) is 11.8 Å².